The third-order valence-corrected chi connectivity index (χ3v) is 7.50. The highest BCUT2D eigenvalue weighted by Gasteiger charge is 2.22. The molecule has 1 aliphatic rings. The van der Waals surface area contributed by atoms with Gasteiger partial charge in [-0.25, -0.2) is 0 Å². The van der Waals surface area contributed by atoms with Crippen molar-refractivity contribution in [3.63, 3.8) is 0 Å². The number of halogens is 3. The molecule has 1 saturated carbocycles. The molecule has 1 fully saturated rings. The molecule has 1 aliphatic carbocycles. The molecule has 0 heterocycles. The van der Waals surface area contributed by atoms with Crippen LogP contribution in [0.5, 0.6) is 0 Å². The molecule has 184 valence electrons. The van der Waals surface area contributed by atoms with Crippen LogP contribution in [0, 0.1) is 0 Å². The van der Waals surface area contributed by atoms with Gasteiger partial charge in [0.15, 0.2) is 0 Å². The van der Waals surface area contributed by atoms with Gasteiger partial charge in [0, 0.05) is 29.8 Å². The predicted octanol–water partition coefficient (Wildman–Crippen LogP) is 8.62. The van der Waals surface area contributed by atoms with Gasteiger partial charge in [-0.2, -0.15) is 0 Å². The second-order valence-electron chi connectivity index (χ2n) is 9.58. The molecule has 0 saturated heterocycles. The van der Waals surface area contributed by atoms with Crippen LogP contribution in [0.2, 0.25) is 15.1 Å². The Morgan fingerprint density at radius 2 is 1.66 bits per heavy atom. The first-order valence-corrected chi connectivity index (χ1v) is 13.3. The van der Waals surface area contributed by atoms with Crippen LogP contribution in [0.15, 0.2) is 60.7 Å². The Bertz CT molecular complexity index is 1170. The van der Waals surface area contributed by atoms with E-state index >= 15 is 0 Å². The molecule has 6 heteroatoms. The lowest BCUT2D eigenvalue weighted by Crippen LogP contribution is -2.33. The van der Waals surface area contributed by atoms with Crippen LogP contribution >= 0.6 is 34.8 Å². The second-order valence-corrected chi connectivity index (χ2v) is 10.8. The van der Waals surface area contributed by atoms with Crippen molar-refractivity contribution in [1.82, 2.24) is 4.90 Å². The average molecular weight is 530 g/mol. The van der Waals surface area contributed by atoms with E-state index in [0.717, 1.165) is 16.8 Å². The van der Waals surface area contributed by atoms with Crippen LogP contribution in [0.4, 0.5) is 5.69 Å². The maximum atomic E-state index is 13.9. The topological polar surface area (TPSA) is 32.3 Å². The zero-order valence-electron chi connectivity index (χ0n) is 20.2. The van der Waals surface area contributed by atoms with E-state index in [1.54, 1.807) is 12.1 Å². The van der Waals surface area contributed by atoms with Crippen molar-refractivity contribution >= 4 is 46.4 Å². The minimum Gasteiger partial charge on any atom is -0.382 e. The lowest BCUT2D eigenvalue weighted by Gasteiger charge is -2.27. The van der Waals surface area contributed by atoms with Crippen molar-refractivity contribution in [3.8, 4) is 0 Å². The smallest absolute Gasteiger partial charge is 0.256 e. The van der Waals surface area contributed by atoms with Gasteiger partial charge >= 0.3 is 0 Å². The van der Waals surface area contributed by atoms with Gasteiger partial charge in [-0.15, -0.1) is 0 Å². The van der Waals surface area contributed by atoms with E-state index < -0.39 is 0 Å². The highest BCUT2D eigenvalue weighted by molar-refractivity contribution is 6.42. The van der Waals surface area contributed by atoms with Crippen molar-refractivity contribution < 1.29 is 4.79 Å². The number of nitrogens with zero attached hydrogens (tertiary/aromatic N) is 1. The zero-order chi connectivity index (χ0) is 24.9. The first-order valence-electron chi connectivity index (χ1n) is 12.2. The number of rotatable bonds is 9. The molecule has 0 bridgehead atoms. The van der Waals surface area contributed by atoms with E-state index in [2.05, 4.69) is 43.4 Å². The number of anilines is 1. The van der Waals surface area contributed by atoms with Gasteiger partial charge in [-0.1, -0.05) is 71.6 Å². The van der Waals surface area contributed by atoms with Crippen LogP contribution < -0.4 is 5.32 Å². The molecule has 1 amide bonds. The van der Waals surface area contributed by atoms with E-state index in [4.69, 9.17) is 34.8 Å². The molecule has 0 atom stereocenters. The van der Waals surface area contributed by atoms with E-state index in [-0.39, 0.29) is 11.9 Å². The highest BCUT2D eigenvalue weighted by atomic mass is 35.5. The van der Waals surface area contributed by atoms with E-state index in [0.29, 0.717) is 46.1 Å². The molecular formula is C29H31Cl3N2O. The quantitative estimate of drug-likeness (QED) is 0.301. The summed E-state index contributed by atoms with van der Waals surface area (Å²) in [6.07, 6.45) is 4.52. The molecule has 3 aromatic rings. The molecule has 3 aromatic carbocycles. The van der Waals surface area contributed by atoms with Gasteiger partial charge < -0.3 is 10.2 Å². The molecule has 35 heavy (non-hydrogen) atoms. The maximum Gasteiger partial charge on any atom is 0.256 e. The van der Waals surface area contributed by atoms with Crippen LogP contribution in [0.1, 0.15) is 66.1 Å². The van der Waals surface area contributed by atoms with E-state index in [9.17, 15) is 4.79 Å². The SMILES string of the molecule is CC(C)Nc1ccc(Cl)cc1C(=O)N(CCc1ccc(Cl)c(Cl)c1)Cc1ccc(C2CCC2)cc1. The minimum absolute atomic E-state index is 0.0567. The number of benzene rings is 3. The minimum atomic E-state index is -0.0567. The van der Waals surface area contributed by atoms with Gasteiger partial charge in [0.25, 0.3) is 5.91 Å². The third kappa shape index (κ3) is 6.73. The Labute approximate surface area is 223 Å². The molecule has 3 nitrogen and oxygen atoms in total. The van der Waals surface area contributed by atoms with E-state index in [1.165, 1.54) is 24.8 Å². The molecule has 1 N–H and O–H groups in total. The second kappa shape index (κ2) is 11.7. The Morgan fingerprint density at radius 3 is 2.29 bits per heavy atom. The van der Waals surface area contributed by atoms with Gasteiger partial charge in [-0.3, -0.25) is 4.79 Å². The Morgan fingerprint density at radius 1 is 0.943 bits per heavy atom. The fourth-order valence-electron chi connectivity index (χ4n) is 4.37. The lowest BCUT2D eigenvalue weighted by atomic mass is 9.80. The molecule has 0 unspecified atom stereocenters. The predicted molar refractivity (Wildman–Crippen MR) is 148 cm³/mol. The summed E-state index contributed by atoms with van der Waals surface area (Å²) in [5, 5.41) is 4.97. The summed E-state index contributed by atoms with van der Waals surface area (Å²) < 4.78 is 0. The third-order valence-electron chi connectivity index (χ3n) is 6.53. The van der Waals surface area contributed by atoms with Gasteiger partial charge in [0.2, 0.25) is 0 Å². The van der Waals surface area contributed by atoms with Crippen molar-refractivity contribution in [3.05, 3.63) is 98.0 Å². The van der Waals surface area contributed by atoms with Crippen LogP contribution in [0.3, 0.4) is 0 Å². The molecule has 0 aliphatic heterocycles. The van der Waals surface area contributed by atoms with Crippen molar-refractivity contribution in [2.75, 3.05) is 11.9 Å². The van der Waals surface area contributed by atoms with Crippen LogP contribution in [-0.2, 0) is 13.0 Å². The van der Waals surface area contributed by atoms with E-state index in [1.807, 2.05) is 29.2 Å². The van der Waals surface area contributed by atoms with Gasteiger partial charge in [0.1, 0.15) is 0 Å². The standard InChI is InChI=1S/C29H31Cl3N2O/c1-19(2)33-28-13-11-24(30)17-25(28)29(35)34(15-14-20-8-12-26(31)27(32)16-20)18-21-6-9-23(10-7-21)22-4-3-5-22/h6-13,16-17,19,22,33H,3-5,14-15,18H2,1-2H3. The largest absolute Gasteiger partial charge is 0.382 e. The number of carbonyl (C=O) groups is 1. The van der Waals surface area contributed by atoms with Crippen molar-refractivity contribution in [2.45, 2.75) is 58.0 Å². The molecule has 0 aromatic heterocycles. The molecule has 0 radical (unpaired) electrons. The number of carbonyl (C=O) groups excluding carboxylic acids is 1. The monoisotopic (exact) mass is 528 g/mol. The number of nitrogens with one attached hydrogen (secondary N) is 1. The first-order chi connectivity index (χ1) is 16.8. The summed E-state index contributed by atoms with van der Waals surface area (Å²) in [5.41, 5.74) is 4.90. The van der Waals surface area contributed by atoms with Gasteiger partial charge in [0.05, 0.1) is 15.6 Å². The normalized spacial score (nSPS) is 13.5. The summed E-state index contributed by atoms with van der Waals surface area (Å²) in [6, 6.07) is 20.0. The molecule has 4 rings (SSSR count). The summed E-state index contributed by atoms with van der Waals surface area (Å²) in [5.74, 6) is 0.631. The number of amides is 1. The number of hydrogen-bond acceptors (Lipinski definition) is 2. The van der Waals surface area contributed by atoms with Crippen molar-refractivity contribution in [2.24, 2.45) is 0 Å². The fraction of sp³-hybridized carbons (Fsp3) is 0.345. The Kier molecular flexibility index (Phi) is 8.64. The summed E-state index contributed by atoms with van der Waals surface area (Å²) >= 11 is 18.6. The van der Waals surface area contributed by atoms with Crippen molar-refractivity contribution in [1.29, 1.82) is 0 Å². The lowest BCUT2D eigenvalue weighted by molar-refractivity contribution is 0.0746. The first kappa shape index (κ1) is 25.9. The zero-order valence-corrected chi connectivity index (χ0v) is 22.4. The molecular weight excluding hydrogens is 499 g/mol. The van der Waals surface area contributed by atoms with Crippen LogP contribution in [0.25, 0.3) is 0 Å². The average Bonchev–Trinajstić information content (AvgIpc) is 2.79. The van der Waals surface area contributed by atoms with Gasteiger partial charge in [-0.05, 0) is 86.1 Å². The Hall–Kier alpha value is -2.20. The maximum absolute atomic E-state index is 13.9. The highest BCUT2D eigenvalue weighted by Crippen LogP contribution is 2.36. The fourth-order valence-corrected chi connectivity index (χ4v) is 4.86. The number of hydrogen-bond donors (Lipinski definition) is 1. The summed E-state index contributed by atoms with van der Waals surface area (Å²) in [4.78, 5) is 15.7. The van der Waals surface area contributed by atoms with Crippen LogP contribution in [-0.4, -0.2) is 23.4 Å². The summed E-state index contributed by atoms with van der Waals surface area (Å²) in [7, 11) is 0. The Balaban J connectivity index is 1.59. The molecule has 0 spiro atoms. The summed E-state index contributed by atoms with van der Waals surface area (Å²) in [6.45, 7) is 5.15.